The van der Waals surface area contributed by atoms with Crippen LogP contribution in [0.5, 0.6) is 0 Å². The molecule has 2 heterocycles. The van der Waals surface area contributed by atoms with Gasteiger partial charge in [0.2, 0.25) is 0 Å². The van der Waals surface area contributed by atoms with Gasteiger partial charge in [0.25, 0.3) is 0 Å². The van der Waals surface area contributed by atoms with Crippen molar-refractivity contribution >= 4 is 11.8 Å². The quantitative estimate of drug-likeness (QED) is 0.824. The third kappa shape index (κ3) is 3.73. The minimum Gasteiger partial charge on any atom is -0.464 e. The molecule has 0 atom stereocenters. The number of nitrogens with zero attached hydrogens (tertiary/aromatic N) is 2. The molecule has 2 aromatic heterocycles. The Morgan fingerprint density at radius 1 is 1.35 bits per heavy atom. The van der Waals surface area contributed by atoms with E-state index in [0.29, 0.717) is 11.7 Å². The third-order valence-corrected chi connectivity index (χ3v) is 4.15. The Labute approximate surface area is 137 Å². The summed E-state index contributed by atoms with van der Waals surface area (Å²) < 4.78 is 6.60. The number of carbonyl (C=O) groups is 1. The number of rotatable bonds is 6. The summed E-state index contributed by atoms with van der Waals surface area (Å²) in [6.45, 7) is 6.35. The van der Waals surface area contributed by atoms with Crippen LogP contribution in [0.4, 0.5) is 5.82 Å². The highest BCUT2D eigenvalue weighted by molar-refractivity contribution is 5.90. The predicted molar refractivity (Wildman–Crippen MR) is 92.7 cm³/mol. The zero-order valence-electron chi connectivity index (χ0n) is 14.5. The molecule has 23 heavy (non-hydrogen) atoms. The summed E-state index contributed by atoms with van der Waals surface area (Å²) in [7, 11) is 3.24. The van der Waals surface area contributed by atoms with Gasteiger partial charge in [-0.05, 0) is 43.0 Å². The van der Waals surface area contributed by atoms with Gasteiger partial charge in [-0.2, -0.15) is 0 Å². The molecule has 0 aliphatic carbocycles. The molecule has 0 saturated carbocycles. The van der Waals surface area contributed by atoms with Crippen LogP contribution in [0.1, 0.15) is 42.7 Å². The second-order valence-electron chi connectivity index (χ2n) is 5.76. The van der Waals surface area contributed by atoms with E-state index >= 15 is 0 Å². The first kappa shape index (κ1) is 17.1. The van der Waals surface area contributed by atoms with Crippen LogP contribution < -0.4 is 5.32 Å². The van der Waals surface area contributed by atoms with Crippen LogP contribution in [0.15, 0.2) is 24.5 Å². The first-order valence-electron chi connectivity index (χ1n) is 7.98. The number of hydrogen-bond donors (Lipinski definition) is 1. The van der Waals surface area contributed by atoms with Gasteiger partial charge >= 0.3 is 5.97 Å². The van der Waals surface area contributed by atoms with Gasteiger partial charge in [0.05, 0.1) is 7.11 Å². The molecule has 0 fully saturated rings. The highest BCUT2D eigenvalue weighted by Gasteiger charge is 2.15. The molecule has 5 nitrogen and oxygen atoms in total. The molecular formula is C18H25N3O2. The van der Waals surface area contributed by atoms with Gasteiger partial charge in [-0.25, -0.2) is 9.78 Å². The van der Waals surface area contributed by atoms with Gasteiger partial charge in [-0.15, -0.1) is 0 Å². The van der Waals surface area contributed by atoms with E-state index in [1.807, 2.05) is 38.5 Å². The standard InChI is InChI=1S/C18H25N3O2/c1-6-14(7-2)20-17-9-15(12(3)10-19-17)13-8-16(18(22)23-5)21(4)11-13/h8-11,14H,6-7H2,1-5H3,(H,19,20). The lowest BCUT2D eigenvalue weighted by Gasteiger charge is -2.16. The lowest BCUT2D eigenvalue weighted by Crippen LogP contribution is -2.17. The van der Waals surface area contributed by atoms with Crippen LogP contribution in [0.3, 0.4) is 0 Å². The summed E-state index contributed by atoms with van der Waals surface area (Å²) in [5.41, 5.74) is 3.66. The Bertz CT molecular complexity index is 688. The van der Waals surface area contributed by atoms with Crippen LogP contribution in [0.2, 0.25) is 0 Å². The molecule has 0 amide bonds. The first-order valence-corrected chi connectivity index (χ1v) is 7.98. The molecule has 0 aliphatic heterocycles. The van der Waals surface area contributed by atoms with E-state index in [2.05, 4.69) is 24.1 Å². The van der Waals surface area contributed by atoms with Crippen molar-refractivity contribution in [3.8, 4) is 11.1 Å². The van der Waals surface area contributed by atoms with Crippen LogP contribution >= 0.6 is 0 Å². The van der Waals surface area contributed by atoms with E-state index in [1.165, 1.54) is 7.11 Å². The molecule has 0 saturated heterocycles. The average molecular weight is 315 g/mol. The summed E-state index contributed by atoms with van der Waals surface area (Å²) in [5, 5.41) is 3.46. The minimum absolute atomic E-state index is 0.333. The summed E-state index contributed by atoms with van der Waals surface area (Å²) in [4.78, 5) is 16.3. The van der Waals surface area contributed by atoms with Gasteiger partial charge in [0.15, 0.2) is 0 Å². The van der Waals surface area contributed by atoms with Gasteiger partial charge in [-0.1, -0.05) is 13.8 Å². The maximum atomic E-state index is 11.8. The van der Waals surface area contributed by atoms with E-state index in [-0.39, 0.29) is 5.97 Å². The number of pyridine rings is 1. The number of aryl methyl sites for hydroxylation is 2. The van der Waals surface area contributed by atoms with Crippen molar-refractivity contribution in [3.05, 3.63) is 35.8 Å². The molecule has 0 radical (unpaired) electrons. The van der Waals surface area contributed by atoms with Crippen molar-refractivity contribution in [2.75, 3.05) is 12.4 Å². The normalized spacial score (nSPS) is 10.9. The Balaban J connectivity index is 2.37. The van der Waals surface area contributed by atoms with Crippen molar-refractivity contribution < 1.29 is 9.53 Å². The molecule has 0 unspecified atom stereocenters. The fourth-order valence-corrected chi connectivity index (χ4v) is 2.63. The van der Waals surface area contributed by atoms with E-state index < -0.39 is 0 Å². The van der Waals surface area contributed by atoms with Crippen molar-refractivity contribution in [2.45, 2.75) is 39.7 Å². The molecule has 0 aliphatic rings. The molecule has 2 aromatic rings. The molecule has 2 rings (SSSR count). The Kier molecular flexibility index (Phi) is 5.42. The lowest BCUT2D eigenvalue weighted by molar-refractivity contribution is 0.0590. The SMILES string of the molecule is CCC(CC)Nc1cc(-c2cc(C(=O)OC)n(C)c2)c(C)cn1. The average Bonchev–Trinajstić information content (AvgIpc) is 2.94. The Morgan fingerprint density at radius 2 is 2.04 bits per heavy atom. The minimum atomic E-state index is -0.333. The van der Waals surface area contributed by atoms with Gasteiger partial charge in [0.1, 0.15) is 11.5 Å². The number of hydrogen-bond acceptors (Lipinski definition) is 4. The Morgan fingerprint density at radius 3 is 2.65 bits per heavy atom. The van der Waals surface area contributed by atoms with Crippen LogP contribution in [-0.4, -0.2) is 28.7 Å². The zero-order valence-corrected chi connectivity index (χ0v) is 14.5. The summed E-state index contributed by atoms with van der Waals surface area (Å²) >= 11 is 0. The topological polar surface area (TPSA) is 56.1 Å². The van der Waals surface area contributed by atoms with Crippen molar-refractivity contribution in [1.29, 1.82) is 0 Å². The smallest absolute Gasteiger partial charge is 0.354 e. The maximum absolute atomic E-state index is 11.8. The molecule has 124 valence electrons. The summed E-state index contributed by atoms with van der Waals surface area (Å²) in [5.74, 6) is 0.531. The molecule has 5 heteroatoms. The van der Waals surface area contributed by atoms with E-state index in [0.717, 1.165) is 35.3 Å². The zero-order chi connectivity index (χ0) is 17.0. The predicted octanol–water partition coefficient (Wildman–Crippen LogP) is 3.78. The van der Waals surface area contributed by atoms with E-state index in [9.17, 15) is 4.79 Å². The number of methoxy groups -OCH3 is 1. The molecule has 1 N–H and O–H groups in total. The molecule has 0 aromatic carbocycles. The number of ether oxygens (including phenoxy) is 1. The molecule has 0 spiro atoms. The number of aromatic nitrogens is 2. The summed E-state index contributed by atoms with van der Waals surface area (Å²) in [6.07, 6.45) is 5.92. The fraction of sp³-hybridized carbons (Fsp3) is 0.444. The van der Waals surface area contributed by atoms with Crippen molar-refractivity contribution in [2.24, 2.45) is 7.05 Å². The van der Waals surface area contributed by atoms with Gasteiger partial charge < -0.3 is 14.6 Å². The van der Waals surface area contributed by atoms with Crippen molar-refractivity contribution in [3.63, 3.8) is 0 Å². The fourth-order valence-electron chi connectivity index (χ4n) is 2.63. The van der Waals surface area contributed by atoms with E-state index in [1.54, 1.807) is 4.57 Å². The molecule has 0 bridgehead atoms. The molecular weight excluding hydrogens is 290 g/mol. The number of carbonyl (C=O) groups excluding carboxylic acids is 1. The highest BCUT2D eigenvalue weighted by Crippen LogP contribution is 2.27. The summed E-state index contributed by atoms with van der Waals surface area (Å²) in [6, 6.07) is 4.32. The number of esters is 1. The largest absolute Gasteiger partial charge is 0.464 e. The monoisotopic (exact) mass is 315 g/mol. The second-order valence-corrected chi connectivity index (χ2v) is 5.76. The van der Waals surface area contributed by atoms with Gasteiger partial charge in [-0.3, -0.25) is 0 Å². The lowest BCUT2D eigenvalue weighted by atomic mass is 10.0. The highest BCUT2D eigenvalue weighted by atomic mass is 16.5. The van der Waals surface area contributed by atoms with Crippen LogP contribution in [-0.2, 0) is 11.8 Å². The van der Waals surface area contributed by atoms with E-state index in [4.69, 9.17) is 4.74 Å². The van der Waals surface area contributed by atoms with Crippen LogP contribution in [0.25, 0.3) is 11.1 Å². The number of anilines is 1. The Hall–Kier alpha value is -2.30. The first-order chi connectivity index (χ1) is 11.0. The number of nitrogens with one attached hydrogen (secondary N) is 1. The van der Waals surface area contributed by atoms with Crippen LogP contribution in [0, 0.1) is 6.92 Å². The second kappa shape index (κ2) is 7.31. The van der Waals surface area contributed by atoms with Crippen molar-refractivity contribution in [1.82, 2.24) is 9.55 Å². The third-order valence-electron chi connectivity index (χ3n) is 4.15. The maximum Gasteiger partial charge on any atom is 0.354 e. The van der Waals surface area contributed by atoms with Gasteiger partial charge in [0, 0.05) is 31.0 Å².